The first-order valence-corrected chi connectivity index (χ1v) is 8.20. The first-order chi connectivity index (χ1) is 11.4. The zero-order valence-corrected chi connectivity index (χ0v) is 13.9. The number of H-pyrrole nitrogens is 1. The van der Waals surface area contributed by atoms with Crippen LogP contribution in [0, 0.1) is 0 Å². The van der Waals surface area contributed by atoms with Crippen molar-refractivity contribution in [2.75, 3.05) is 33.2 Å². The molecule has 0 fully saturated rings. The molecule has 134 valence electrons. The van der Waals surface area contributed by atoms with Crippen LogP contribution in [0.2, 0.25) is 0 Å². The molecule has 0 aliphatic carbocycles. The molecule has 2 aromatic heterocycles. The largest absolute Gasteiger partial charge is 0.472 e. The lowest BCUT2D eigenvalue weighted by Crippen LogP contribution is -2.26. The molecule has 2 rings (SSSR count). The number of nitrogens with one attached hydrogen (secondary N) is 1. The van der Waals surface area contributed by atoms with Crippen molar-refractivity contribution < 1.29 is 28.0 Å². The van der Waals surface area contributed by atoms with Gasteiger partial charge in [-0.3, -0.25) is 23.4 Å². The van der Waals surface area contributed by atoms with Crippen molar-refractivity contribution in [2.24, 2.45) is 0 Å². The topological polar surface area (TPSA) is 164 Å². The average molecular weight is 363 g/mol. The first kappa shape index (κ1) is 18.5. The monoisotopic (exact) mass is 363 g/mol. The van der Waals surface area contributed by atoms with E-state index in [-0.39, 0.29) is 37.1 Å². The molecule has 1 unspecified atom stereocenters. The molecule has 0 saturated heterocycles. The number of aromatic amines is 1. The van der Waals surface area contributed by atoms with Gasteiger partial charge in [0, 0.05) is 14.2 Å². The van der Waals surface area contributed by atoms with Gasteiger partial charge >= 0.3 is 7.82 Å². The minimum Gasteiger partial charge on any atom is -0.382 e. The van der Waals surface area contributed by atoms with Crippen molar-refractivity contribution >= 4 is 24.9 Å². The summed E-state index contributed by atoms with van der Waals surface area (Å²) in [6, 6.07) is 0. The third-order valence-electron chi connectivity index (χ3n) is 2.95. The van der Waals surface area contributed by atoms with Gasteiger partial charge in [-0.25, -0.2) is 9.55 Å². The highest BCUT2D eigenvalue weighted by molar-refractivity contribution is 7.47. The third-order valence-corrected chi connectivity index (χ3v) is 3.89. The summed E-state index contributed by atoms with van der Waals surface area (Å²) < 4.78 is 32.4. The summed E-state index contributed by atoms with van der Waals surface area (Å²) in [7, 11) is -1.62. The maximum absolute atomic E-state index is 11.7. The third kappa shape index (κ3) is 4.60. The van der Waals surface area contributed by atoms with E-state index in [1.54, 1.807) is 0 Å². The zero-order valence-electron chi connectivity index (χ0n) is 13.0. The van der Waals surface area contributed by atoms with Crippen molar-refractivity contribution in [1.29, 1.82) is 0 Å². The number of phosphoric acid groups is 1. The smallest absolute Gasteiger partial charge is 0.382 e. The van der Waals surface area contributed by atoms with Crippen LogP contribution in [0.15, 0.2) is 11.1 Å². The van der Waals surface area contributed by atoms with Crippen molar-refractivity contribution in [2.45, 2.75) is 12.8 Å². The molecule has 0 amide bonds. The van der Waals surface area contributed by atoms with Gasteiger partial charge in [0.05, 0.1) is 19.5 Å². The van der Waals surface area contributed by atoms with Crippen LogP contribution >= 0.6 is 7.82 Å². The van der Waals surface area contributed by atoms with Gasteiger partial charge in [0.25, 0.3) is 5.56 Å². The average Bonchev–Trinajstić information content (AvgIpc) is 2.93. The molecular formula is C11H18N5O7P. The number of anilines is 1. The number of nitrogen functional groups attached to an aromatic ring is 1. The number of nitrogens with two attached hydrogens (primary N) is 1. The Morgan fingerprint density at radius 1 is 1.46 bits per heavy atom. The number of ether oxygens (including phenoxy) is 2. The van der Waals surface area contributed by atoms with E-state index in [9.17, 15) is 14.3 Å². The van der Waals surface area contributed by atoms with E-state index in [1.807, 2.05) is 0 Å². The predicted octanol–water partition coefficient (Wildman–Crippen LogP) is -0.546. The lowest BCUT2D eigenvalue weighted by atomic mass is 10.4. The Morgan fingerprint density at radius 3 is 2.88 bits per heavy atom. The predicted molar refractivity (Wildman–Crippen MR) is 82.1 cm³/mol. The molecule has 2 atom stereocenters. The second kappa shape index (κ2) is 7.83. The van der Waals surface area contributed by atoms with Crippen molar-refractivity contribution in [3.63, 3.8) is 0 Å². The fourth-order valence-electron chi connectivity index (χ4n) is 1.81. The van der Waals surface area contributed by atoms with Crippen molar-refractivity contribution in [3.05, 3.63) is 16.7 Å². The van der Waals surface area contributed by atoms with E-state index < -0.39 is 19.5 Å². The maximum Gasteiger partial charge on any atom is 0.472 e. The van der Waals surface area contributed by atoms with Crippen LogP contribution in [-0.2, 0) is 29.8 Å². The molecule has 0 saturated carbocycles. The van der Waals surface area contributed by atoms with E-state index >= 15 is 0 Å². The lowest BCUT2D eigenvalue weighted by molar-refractivity contribution is -0.0573. The summed E-state index contributed by atoms with van der Waals surface area (Å²) in [6.45, 7) is -0.183. The Morgan fingerprint density at radius 2 is 2.21 bits per heavy atom. The van der Waals surface area contributed by atoms with Gasteiger partial charge in [-0.1, -0.05) is 0 Å². The minimum atomic E-state index is -4.12. The second-order valence-corrected chi connectivity index (χ2v) is 6.22. The minimum absolute atomic E-state index is 0.0488. The Kier molecular flexibility index (Phi) is 6.04. The summed E-state index contributed by atoms with van der Waals surface area (Å²) in [5, 5.41) is 0. The van der Waals surface area contributed by atoms with Crippen LogP contribution in [0.1, 0.15) is 0 Å². The van der Waals surface area contributed by atoms with Crippen molar-refractivity contribution in [1.82, 2.24) is 19.5 Å². The van der Waals surface area contributed by atoms with Crippen LogP contribution in [0.25, 0.3) is 11.2 Å². The molecule has 0 spiro atoms. The van der Waals surface area contributed by atoms with Crippen LogP contribution < -0.4 is 11.3 Å². The molecule has 2 aromatic rings. The number of nitrogens with zero attached hydrogens (tertiary/aromatic N) is 3. The molecule has 0 bridgehead atoms. The van der Waals surface area contributed by atoms with E-state index in [0.29, 0.717) is 0 Å². The number of aromatic nitrogens is 4. The molecule has 13 heteroatoms. The second-order valence-electron chi connectivity index (χ2n) is 4.66. The molecule has 0 aromatic carbocycles. The number of methoxy groups -OCH3 is 1. The first-order valence-electron chi connectivity index (χ1n) is 6.70. The molecule has 0 aliphatic heterocycles. The maximum atomic E-state index is 11.7. The molecular weight excluding hydrogens is 345 g/mol. The van der Waals surface area contributed by atoms with E-state index in [2.05, 4.69) is 19.5 Å². The molecule has 2 heterocycles. The Bertz CT molecular complexity index is 791. The van der Waals surface area contributed by atoms with Gasteiger partial charge in [0.15, 0.2) is 11.2 Å². The van der Waals surface area contributed by atoms with Gasteiger partial charge in [-0.2, -0.15) is 4.98 Å². The van der Waals surface area contributed by atoms with E-state index in [1.165, 1.54) is 18.0 Å². The molecule has 12 nitrogen and oxygen atoms in total. The van der Waals surface area contributed by atoms with E-state index in [0.717, 1.165) is 7.11 Å². The van der Waals surface area contributed by atoms with Gasteiger partial charge < -0.3 is 20.1 Å². The van der Waals surface area contributed by atoms with Gasteiger partial charge in [0.1, 0.15) is 12.8 Å². The van der Waals surface area contributed by atoms with Gasteiger partial charge in [0.2, 0.25) is 5.95 Å². The number of hydrogen-bond acceptors (Lipinski definition) is 9. The Hall–Kier alpha value is -1.82. The van der Waals surface area contributed by atoms with E-state index in [4.69, 9.17) is 19.7 Å². The number of rotatable bonds is 9. The highest BCUT2D eigenvalue weighted by Gasteiger charge is 2.22. The summed E-state index contributed by atoms with van der Waals surface area (Å²) in [5.74, 6) is -0.0488. The zero-order chi connectivity index (χ0) is 17.7. The molecule has 0 aliphatic rings. The highest BCUT2D eigenvalue weighted by Crippen LogP contribution is 2.41. The van der Waals surface area contributed by atoms with Crippen LogP contribution in [0.4, 0.5) is 5.95 Å². The Labute approximate surface area is 136 Å². The lowest BCUT2D eigenvalue weighted by Gasteiger charge is -2.18. The van der Waals surface area contributed by atoms with Crippen LogP contribution in [0.5, 0.6) is 0 Å². The van der Waals surface area contributed by atoms with Gasteiger partial charge in [-0.05, 0) is 0 Å². The molecule has 24 heavy (non-hydrogen) atoms. The summed E-state index contributed by atoms with van der Waals surface area (Å²) in [5.41, 5.74) is 5.41. The summed E-state index contributed by atoms with van der Waals surface area (Å²) >= 11 is 0. The highest BCUT2D eigenvalue weighted by atomic mass is 31.2. The van der Waals surface area contributed by atoms with Crippen LogP contribution in [-0.4, -0.2) is 57.9 Å². The normalized spacial score (nSPS) is 15.5. The summed E-state index contributed by atoms with van der Waals surface area (Å²) in [6.07, 6.45) is 0.700. The van der Waals surface area contributed by atoms with Gasteiger partial charge in [-0.15, -0.1) is 0 Å². The standard InChI is InChI=1S/C11H18N5O7P/c1-20-3-7(4-23-24(18,19)21-2)22-6-16-5-13-8-9(16)14-11(12)15-10(8)17/h5,7H,3-4,6H2,1-2H3,(H,18,19)(H3,12,14,15,17)/t7-/m1/s1. The fraction of sp³-hybridized carbons (Fsp3) is 0.545. The number of fused-ring (bicyclic) bond motifs is 1. The van der Waals surface area contributed by atoms with Crippen LogP contribution in [0.3, 0.4) is 0 Å². The SMILES string of the molecule is COC[C@H](COP(=O)(O)OC)OCn1cnc2c(=O)[nH]c(N)nc21. The van der Waals surface area contributed by atoms with Crippen molar-refractivity contribution in [3.8, 4) is 0 Å². The number of imidazole rings is 1. The fourth-order valence-corrected chi connectivity index (χ4v) is 2.27. The molecule has 0 radical (unpaired) electrons. The number of phosphoric ester groups is 1. The molecule has 4 N–H and O–H groups in total. The quantitative estimate of drug-likeness (QED) is 0.492. The summed E-state index contributed by atoms with van der Waals surface area (Å²) in [4.78, 5) is 31.2. The number of hydrogen-bond donors (Lipinski definition) is 3. The Balaban J connectivity index is 2.06.